The largest absolute Gasteiger partial charge is 0.507 e. The molecule has 4 aromatic rings. The number of aromatic amines is 1. The van der Waals surface area contributed by atoms with Crippen LogP contribution < -0.4 is 0 Å². The lowest BCUT2D eigenvalue weighted by molar-refractivity contribution is 0.477. The summed E-state index contributed by atoms with van der Waals surface area (Å²) >= 11 is 6.02. The number of phenolic OH excluding ortho intramolecular Hbond substituents is 1. The molecule has 0 unspecified atom stereocenters. The summed E-state index contributed by atoms with van der Waals surface area (Å²) in [5, 5.41) is 18.7. The van der Waals surface area contributed by atoms with E-state index in [4.69, 9.17) is 11.6 Å². The van der Waals surface area contributed by atoms with Crippen molar-refractivity contribution in [2.75, 3.05) is 0 Å². The van der Waals surface area contributed by atoms with Crippen LogP contribution in [0.4, 0.5) is 0 Å². The van der Waals surface area contributed by atoms with E-state index in [9.17, 15) is 5.11 Å². The van der Waals surface area contributed by atoms with E-state index in [1.54, 1.807) is 6.07 Å². The highest BCUT2D eigenvalue weighted by Crippen LogP contribution is 2.35. The number of halogens is 1. The quantitative estimate of drug-likeness (QED) is 0.491. The molecular formula is C22H17ClN2O. The average Bonchev–Trinajstić information content (AvgIpc) is 3.08. The number of rotatable bonds is 4. The first kappa shape index (κ1) is 16.4. The molecule has 0 bridgehead atoms. The third-order valence-electron chi connectivity index (χ3n) is 4.38. The second-order valence-corrected chi connectivity index (χ2v) is 6.55. The Bertz CT molecular complexity index is 1020. The highest BCUT2D eigenvalue weighted by atomic mass is 35.5. The van der Waals surface area contributed by atoms with Gasteiger partial charge in [0.25, 0.3) is 0 Å². The zero-order valence-electron chi connectivity index (χ0n) is 14.0. The van der Waals surface area contributed by atoms with Gasteiger partial charge in [0.15, 0.2) is 0 Å². The summed E-state index contributed by atoms with van der Waals surface area (Å²) in [6.45, 7) is 0. The van der Waals surface area contributed by atoms with Crippen molar-refractivity contribution in [3.63, 3.8) is 0 Å². The third-order valence-corrected chi connectivity index (χ3v) is 4.63. The summed E-state index contributed by atoms with van der Waals surface area (Å²) in [6, 6.07) is 25.1. The van der Waals surface area contributed by atoms with Gasteiger partial charge in [0, 0.05) is 28.1 Å². The first-order valence-corrected chi connectivity index (χ1v) is 8.75. The molecule has 1 aromatic heterocycles. The minimum atomic E-state index is 0.230. The first-order chi connectivity index (χ1) is 12.7. The van der Waals surface area contributed by atoms with Gasteiger partial charge in [-0.15, -0.1) is 0 Å². The van der Waals surface area contributed by atoms with E-state index in [-0.39, 0.29) is 5.75 Å². The van der Waals surface area contributed by atoms with Gasteiger partial charge in [-0.05, 0) is 29.8 Å². The fraction of sp³-hybridized carbons (Fsp3) is 0.0455. The summed E-state index contributed by atoms with van der Waals surface area (Å²) in [5.41, 5.74) is 5.67. The zero-order chi connectivity index (χ0) is 17.9. The van der Waals surface area contributed by atoms with E-state index < -0.39 is 0 Å². The molecule has 0 aliphatic rings. The Morgan fingerprint density at radius 3 is 2.27 bits per heavy atom. The number of aromatic hydroxyl groups is 1. The number of hydrogen-bond acceptors (Lipinski definition) is 2. The fourth-order valence-corrected chi connectivity index (χ4v) is 3.21. The smallest absolute Gasteiger partial charge is 0.124 e. The number of hydrogen-bond donors (Lipinski definition) is 2. The van der Waals surface area contributed by atoms with Crippen LogP contribution >= 0.6 is 11.6 Å². The van der Waals surface area contributed by atoms with Crippen LogP contribution in [-0.2, 0) is 6.42 Å². The maximum Gasteiger partial charge on any atom is 0.124 e. The Morgan fingerprint density at radius 1 is 0.846 bits per heavy atom. The summed E-state index contributed by atoms with van der Waals surface area (Å²) < 4.78 is 0. The van der Waals surface area contributed by atoms with E-state index in [1.165, 1.54) is 0 Å². The Labute approximate surface area is 156 Å². The number of aromatic nitrogens is 2. The minimum absolute atomic E-state index is 0.230. The lowest BCUT2D eigenvalue weighted by Gasteiger charge is -2.08. The Balaban J connectivity index is 1.86. The molecule has 0 fully saturated rings. The van der Waals surface area contributed by atoms with Crippen molar-refractivity contribution in [2.45, 2.75) is 6.42 Å². The minimum Gasteiger partial charge on any atom is -0.507 e. The molecule has 3 nitrogen and oxygen atoms in total. The van der Waals surface area contributed by atoms with E-state index in [2.05, 4.69) is 10.2 Å². The first-order valence-electron chi connectivity index (χ1n) is 8.38. The van der Waals surface area contributed by atoms with Crippen LogP contribution in [0.15, 0.2) is 78.9 Å². The molecule has 0 radical (unpaired) electrons. The average molecular weight is 361 g/mol. The second-order valence-electron chi connectivity index (χ2n) is 6.11. The maximum atomic E-state index is 10.3. The molecule has 0 saturated heterocycles. The number of H-pyrrole nitrogens is 1. The molecule has 2 N–H and O–H groups in total. The monoisotopic (exact) mass is 360 g/mol. The van der Waals surface area contributed by atoms with Crippen LogP contribution in [0, 0.1) is 0 Å². The predicted molar refractivity (Wildman–Crippen MR) is 105 cm³/mol. The van der Waals surface area contributed by atoms with E-state index in [0.717, 1.165) is 33.6 Å². The molecule has 3 aromatic carbocycles. The topological polar surface area (TPSA) is 48.9 Å². The number of nitrogens with zero attached hydrogens (tertiary/aromatic N) is 1. The lowest BCUT2D eigenvalue weighted by Crippen LogP contribution is -1.93. The van der Waals surface area contributed by atoms with Gasteiger partial charge >= 0.3 is 0 Å². The molecule has 128 valence electrons. The highest BCUT2D eigenvalue weighted by Gasteiger charge is 2.18. The van der Waals surface area contributed by atoms with Gasteiger partial charge in [0.1, 0.15) is 5.75 Å². The lowest BCUT2D eigenvalue weighted by atomic mass is 9.96. The van der Waals surface area contributed by atoms with Crippen LogP contribution in [0.5, 0.6) is 5.75 Å². The molecule has 4 rings (SSSR count). The number of para-hydroxylation sites is 1. The van der Waals surface area contributed by atoms with E-state index in [1.807, 2.05) is 72.8 Å². The van der Waals surface area contributed by atoms with Crippen molar-refractivity contribution in [3.8, 4) is 28.3 Å². The molecule has 0 atom stereocenters. The van der Waals surface area contributed by atoms with Crippen molar-refractivity contribution in [2.24, 2.45) is 0 Å². The molecule has 0 aliphatic carbocycles. The van der Waals surface area contributed by atoms with Gasteiger partial charge in [0.2, 0.25) is 0 Å². The standard InChI is InChI=1S/C22H17ClN2O/c23-17-12-10-15(11-13-17)14-19-21(16-6-2-1-3-7-16)24-25-22(19)18-8-4-5-9-20(18)26/h1-13,26H,14H2,(H,24,25). The van der Waals surface area contributed by atoms with Gasteiger partial charge in [-0.3, -0.25) is 5.10 Å². The number of phenols is 1. The molecule has 0 amide bonds. The second kappa shape index (κ2) is 7.06. The van der Waals surface area contributed by atoms with Gasteiger partial charge in [-0.25, -0.2) is 0 Å². The normalized spacial score (nSPS) is 10.8. The molecule has 0 spiro atoms. The zero-order valence-corrected chi connectivity index (χ0v) is 14.7. The van der Waals surface area contributed by atoms with Gasteiger partial charge in [-0.2, -0.15) is 5.10 Å². The molecule has 4 heteroatoms. The SMILES string of the molecule is Oc1ccccc1-c1[nH]nc(-c2ccccc2)c1Cc1ccc(Cl)cc1. The van der Waals surface area contributed by atoms with Crippen LogP contribution in [0.1, 0.15) is 11.1 Å². The Morgan fingerprint density at radius 2 is 1.54 bits per heavy atom. The maximum absolute atomic E-state index is 10.3. The summed E-state index contributed by atoms with van der Waals surface area (Å²) in [4.78, 5) is 0. The fourth-order valence-electron chi connectivity index (χ4n) is 3.09. The molecular weight excluding hydrogens is 344 g/mol. The van der Waals surface area contributed by atoms with Crippen LogP contribution in [0.25, 0.3) is 22.5 Å². The van der Waals surface area contributed by atoms with Crippen LogP contribution in [0.2, 0.25) is 5.02 Å². The number of benzene rings is 3. The van der Waals surface area contributed by atoms with Crippen LogP contribution in [0.3, 0.4) is 0 Å². The predicted octanol–water partition coefficient (Wildman–Crippen LogP) is 5.69. The van der Waals surface area contributed by atoms with Gasteiger partial charge in [0.05, 0.1) is 11.4 Å². The van der Waals surface area contributed by atoms with Crippen molar-refractivity contribution in [1.82, 2.24) is 10.2 Å². The molecule has 26 heavy (non-hydrogen) atoms. The van der Waals surface area contributed by atoms with Crippen LogP contribution in [-0.4, -0.2) is 15.3 Å². The third kappa shape index (κ3) is 3.22. The molecule has 0 aliphatic heterocycles. The van der Waals surface area contributed by atoms with Crippen molar-refractivity contribution in [3.05, 3.63) is 95.0 Å². The molecule has 1 heterocycles. The van der Waals surface area contributed by atoms with E-state index in [0.29, 0.717) is 11.4 Å². The van der Waals surface area contributed by atoms with Crippen molar-refractivity contribution < 1.29 is 5.11 Å². The van der Waals surface area contributed by atoms with Gasteiger partial charge in [-0.1, -0.05) is 66.2 Å². The Hall–Kier alpha value is -3.04. The summed E-state index contributed by atoms with van der Waals surface area (Å²) in [6.07, 6.45) is 0.682. The van der Waals surface area contributed by atoms with Crippen molar-refractivity contribution >= 4 is 11.6 Å². The molecule has 0 saturated carbocycles. The van der Waals surface area contributed by atoms with E-state index >= 15 is 0 Å². The highest BCUT2D eigenvalue weighted by molar-refractivity contribution is 6.30. The number of nitrogens with one attached hydrogen (secondary N) is 1. The van der Waals surface area contributed by atoms with Crippen molar-refractivity contribution in [1.29, 1.82) is 0 Å². The summed E-state index contributed by atoms with van der Waals surface area (Å²) in [7, 11) is 0. The Kier molecular flexibility index (Phi) is 4.46. The summed E-state index contributed by atoms with van der Waals surface area (Å²) in [5.74, 6) is 0.230. The van der Waals surface area contributed by atoms with Gasteiger partial charge < -0.3 is 5.11 Å².